The molecule has 4 aromatic rings. The van der Waals surface area contributed by atoms with Crippen molar-refractivity contribution in [2.45, 2.75) is 32.7 Å². The third-order valence-corrected chi connectivity index (χ3v) is 6.91. The Bertz CT molecular complexity index is 1440. The van der Waals surface area contributed by atoms with Crippen molar-refractivity contribution in [3.63, 3.8) is 0 Å². The highest BCUT2D eigenvalue weighted by atomic mass is 16.5. The number of pyridine rings is 1. The molecular weight excluding hydrogens is 476 g/mol. The van der Waals surface area contributed by atoms with Crippen molar-refractivity contribution >= 4 is 28.2 Å². The first-order valence-electron chi connectivity index (χ1n) is 13.0. The first-order chi connectivity index (χ1) is 18.3. The fraction of sp³-hybridized carbons (Fsp3) is 0.290. The quantitative estimate of drug-likeness (QED) is 0.271. The average Bonchev–Trinajstić information content (AvgIpc) is 2.91. The van der Waals surface area contributed by atoms with Crippen LogP contribution in [0.3, 0.4) is 0 Å². The molecule has 2 heterocycles. The zero-order valence-electron chi connectivity index (χ0n) is 22.1. The summed E-state index contributed by atoms with van der Waals surface area (Å²) >= 11 is 0. The van der Waals surface area contributed by atoms with E-state index in [9.17, 15) is 9.90 Å². The second-order valence-corrected chi connectivity index (χ2v) is 10.7. The predicted octanol–water partition coefficient (Wildman–Crippen LogP) is 6.38. The minimum atomic E-state index is -0.418. The second-order valence-electron chi connectivity index (χ2n) is 10.7. The summed E-state index contributed by atoms with van der Waals surface area (Å²) in [5.74, 6) is 0.0259. The summed E-state index contributed by atoms with van der Waals surface area (Å²) in [7, 11) is 0. The Kier molecular flexibility index (Phi) is 7.31. The van der Waals surface area contributed by atoms with Crippen LogP contribution >= 0.6 is 0 Å². The molecule has 0 radical (unpaired) electrons. The van der Waals surface area contributed by atoms with Gasteiger partial charge in [0.25, 0.3) is 0 Å². The van der Waals surface area contributed by atoms with Crippen LogP contribution in [0.15, 0.2) is 72.9 Å². The zero-order chi connectivity index (χ0) is 26.7. The Labute approximate surface area is 223 Å². The lowest BCUT2D eigenvalue weighted by Crippen LogP contribution is -2.35. The number of aromatic hydroxyl groups is 1. The third-order valence-electron chi connectivity index (χ3n) is 6.91. The van der Waals surface area contributed by atoms with Crippen molar-refractivity contribution in [2.24, 2.45) is 0 Å². The fourth-order valence-corrected chi connectivity index (χ4v) is 4.70. The molecule has 0 bridgehead atoms. The number of aromatic nitrogens is 1. The molecule has 1 aliphatic rings. The molecule has 0 saturated carbocycles. The number of fused-ring (bicyclic) bond motifs is 1. The van der Waals surface area contributed by atoms with Crippen LogP contribution in [-0.2, 0) is 16.7 Å². The van der Waals surface area contributed by atoms with Crippen LogP contribution in [0.2, 0.25) is 0 Å². The maximum Gasteiger partial charge on any atom is 0.323 e. The zero-order valence-corrected chi connectivity index (χ0v) is 22.1. The van der Waals surface area contributed by atoms with Gasteiger partial charge in [0.15, 0.2) is 0 Å². The van der Waals surface area contributed by atoms with Gasteiger partial charge in [0.2, 0.25) is 0 Å². The highest BCUT2D eigenvalue weighted by molar-refractivity contribution is 6.10. The molecule has 0 spiro atoms. The van der Waals surface area contributed by atoms with Crippen LogP contribution in [-0.4, -0.2) is 47.3 Å². The van der Waals surface area contributed by atoms with Gasteiger partial charge in [-0.1, -0.05) is 63.2 Å². The average molecular weight is 511 g/mol. The Hall–Kier alpha value is -3.94. The van der Waals surface area contributed by atoms with Gasteiger partial charge >= 0.3 is 6.03 Å². The van der Waals surface area contributed by atoms with Gasteiger partial charge in [0.1, 0.15) is 5.75 Å². The van der Waals surface area contributed by atoms with Gasteiger partial charge in [-0.05, 0) is 46.2 Å². The first kappa shape index (κ1) is 25.7. The van der Waals surface area contributed by atoms with E-state index in [4.69, 9.17) is 9.72 Å². The van der Waals surface area contributed by atoms with Gasteiger partial charge in [-0.15, -0.1) is 0 Å². The van der Waals surface area contributed by atoms with Crippen molar-refractivity contribution in [1.29, 1.82) is 0 Å². The van der Waals surface area contributed by atoms with Gasteiger partial charge in [0.05, 0.1) is 30.3 Å². The lowest BCUT2D eigenvalue weighted by atomic mass is 9.87. The minimum absolute atomic E-state index is 0.0259. The van der Waals surface area contributed by atoms with Crippen LogP contribution in [0.25, 0.3) is 21.9 Å². The molecule has 1 saturated heterocycles. The van der Waals surface area contributed by atoms with Crippen molar-refractivity contribution in [1.82, 2.24) is 9.88 Å². The highest BCUT2D eigenvalue weighted by Crippen LogP contribution is 2.34. The molecule has 7 heteroatoms. The number of nitrogens with zero attached hydrogens (tertiary/aromatic N) is 2. The van der Waals surface area contributed by atoms with E-state index in [0.717, 1.165) is 66.0 Å². The summed E-state index contributed by atoms with van der Waals surface area (Å²) in [5.41, 5.74) is 5.07. The largest absolute Gasteiger partial charge is 0.506 e. The molecule has 0 atom stereocenters. The number of ether oxygens (including phenoxy) is 1. The van der Waals surface area contributed by atoms with Crippen LogP contribution in [0.1, 0.15) is 32.0 Å². The molecule has 7 nitrogen and oxygen atoms in total. The van der Waals surface area contributed by atoms with Crippen molar-refractivity contribution < 1.29 is 14.6 Å². The van der Waals surface area contributed by atoms with Gasteiger partial charge in [-0.25, -0.2) is 4.79 Å². The molecule has 2 amide bonds. The number of hydrogen-bond donors (Lipinski definition) is 3. The summed E-state index contributed by atoms with van der Waals surface area (Å²) in [4.78, 5) is 20.0. The van der Waals surface area contributed by atoms with Crippen molar-refractivity contribution in [2.75, 3.05) is 36.9 Å². The predicted molar refractivity (Wildman–Crippen MR) is 153 cm³/mol. The molecule has 1 aliphatic heterocycles. The molecule has 38 heavy (non-hydrogen) atoms. The molecular formula is C31H34N4O3. The maximum atomic E-state index is 12.9. The first-order valence-corrected chi connectivity index (χ1v) is 13.0. The molecule has 3 aromatic carbocycles. The molecule has 3 N–H and O–H groups in total. The number of morpholine rings is 1. The number of benzene rings is 3. The summed E-state index contributed by atoms with van der Waals surface area (Å²) in [6.45, 7) is 10.5. The smallest absolute Gasteiger partial charge is 0.323 e. The van der Waals surface area contributed by atoms with Crippen LogP contribution in [0, 0.1) is 0 Å². The highest BCUT2D eigenvalue weighted by Gasteiger charge is 2.17. The van der Waals surface area contributed by atoms with Crippen LogP contribution in [0.4, 0.5) is 16.2 Å². The van der Waals surface area contributed by atoms with E-state index in [-0.39, 0.29) is 11.2 Å². The number of anilines is 2. The Morgan fingerprint density at radius 2 is 1.68 bits per heavy atom. The SMILES string of the molecule is CC(C)(C)c1ccc(O)c(NC(=O)Nc2ccc(-c3ccc(CN4CCOCC4)nc3)c3ccccc23)c1. The van der Waals surface area contributed by atoms with E-state index < -0.39 is 6.03 Å². The molecule has 5 rings (SSSR count). The standard InChI is InChI=1S/C31H34N4O3/c1-31(2,3)22-9-13-29(36)28(18-22)34-30(37)33-27-12-11-24(25-6-4-5-7-26(25)27)21-8-10-23(32-19-21)20-35-14-16-38-17-15-35/h4-13,18-19,36H,14-17,20H2,1-3H3,(H2,33,34,37). The van der Waals surface area contributed by atoms with Crippen molar-refractivity contribution in [3.8, 4) is 16.9 Å². The molecule has 0 unspecified atom stereocenters. The van der Waals surface area contributed by atoms with E-state index in [1.165, 1.54) is 0 Å². The number of urea groups is 1. The van der Waals surface area contributed by atoms with Crippen molar-refractivity contribution in [3.05, 3.63) is 84.2 Å². The van der Waals surface area contributed by atoms with E-state index in [1.54, 1.807) is 6.07 Å². The molecule has 0 aliphatic carbocycles. The van der Waals surface area contributed by atoms with Gasteiger partial charge in [-0.3, -0.25) is 9.88 Å². The van der Waals surface area contributed by atoms with E-state index in [0.29, 0.717) is 11.4 Å². The topological polar surface area (TPSA) is 86.7 Å². The van der Waals surface area contributed by atoms with E-state index >= 15 is 0 Å². The number of amides is 2. The van der Waals surface area contributed by atoms with Gasteiger partial charge < -0.3 is 20.5 Å². The normalized spacial score (nSPS) is 14.4. The van der Waals surface area contributed by atoms with E-state index in [1.807, 2.05) is 54.7 Å². The number of phenolic OH excluding ortho intramolecular Hbond substituents is 1. The lowest BCUT2D eigenvalue weighted by molar-refractivity contribution is 0.0336. The molecule has 1 aromatic heterocycles. The second kappa shape index (κ2) is 10.8. The van der Waals surface area contributed by atoms with E-state index in [2.05, 4.69) is 48.4 Å². The Morgan fingerprint density at radius 1 is 0.947 bits per heavy atom. The van der Waals surface area contributed by atoms with Crippen LogP contribution in [0.5, 0.6) is 5.75 Å². The molecule has 1 fully saturated rings. The number of hydrogen-bond acceptors (Lipinski definition) is 5. The number of nitrogens with one attached hydrogen (secondary N) is 2. The van der Waals surface area contributed by atoms with Gasteiger partial charge in [-0.2, -0.15) is 0 Å². The fourth-order valence-electron chi connectivity index (χ4n) is 4.70. The number of phenols is 1. The molecule has 196 valence electrons. The minimum Gasteiger partial charge on any atom is -0.506 e. The number of carbonyl (C=O) groups is 1. The number of rotatable bonds is 5. The Balaban J connectivity index is 1.36. The third kappa shape index (κ3) is 5.79. The summed E-state index contributed by atoms with van der Waals surface area (Å²) < 4.78 is 5.44. The Morgan fingerprint density at radius 3 is 2.39 bits per heavy atom. The summed E-state index contributed by atoms with van der Waals surface area (Å²) in [5, 5.41) is 18.0. The summed E-state index contributed by atoms with van der Waals surface area (Å²) in [6, 6.07) is 21.0. The number of carbonyl (C=O) groups excluding carboxylic acids is 1. The van der Waals surface area contributed by atoms with Crippen LogP contribution < -0.4 is 10.6 Å². The lowest BCUT2D eigenvalue weighted by Gasteiger charge is -2.26. The maximum absolute atomic E-state index is 12.9. The monoisotopic (exact) mass is 510 g/mol. The summed E-state index contributed by atoms with van der Waals surface area (Å²) in [6.07, 6.45) is 1.92. The van der Waals surface area contributed by atoms with Gasteiger partial charge in [0, 0.05) is 36.8 Å².